The summed E-state index contributed by atoms with van der Waals surface area (Å²) in [5.41, 5.74) is 1.83. The molecule has 0 saturated carbocycles. The Hall–Kier alpha value is -1.75. The van der Waals surface area contributed by atoms with Crippen LogP contribution in [0.25, 0.3) is 0 Å². The Balaban J connectivity index is 2.32. The van der Waals surface area contributed by atoms with E-state index in [0.717, 1.165) is 0 Å². The van der Waals surface area contributed by atoms with Crippen molar-refractivity contribution >= 4 is 28.5 Å². The number of carbonyl (C=O) groups is 1. The predicted molar refractivity (Wildman–Crippen MR) is 73.2 cm³/mol. The number of nitrogens with zero attached hydrogens (tertiary/aromatic N) is 3. The van der Waals surface area contributed by atoms with E-state index in [4.69, 9.17) is 10.4 Å². The molecule has 2 aromatic heterocycles. The fourth-order valence-electron chi connectivity index (χ4n) is 1.46. The molecule has 0 atom stereocenters. The number of hydrogen-bond donors (Lipinski definition) is 2. The van der Waals surface area contributed by atoms with Gasteiger partial charge in [0.1, 0.15) is 5.82 Å². The van der Waals surface area contributed by atoms with Gasteiger partial charge in [0, 0.05) is 12.3 Å². The van der Waals surface area contributed by atoms with Crippen molar-refractivity contribution < 1.29 is 9.32 Å². The normalized spacial score (nSPS) is 10.5. The van der Waals surface area contributed by atoms with Gasteiger partial charge >= 0.3 is 0 Å². The molecule has 9 heteroatoms. The molecule has 0 aliphatic heterocycles. The maximum absolute atomic E-state index is 11.9. The molecule has 3 N–H and O–H groups in total. The molecule has 0 fully saturated rings. The first-order valence-electron chi connectivity index (χ1n) is 5.21. The lowest BCUT2D eigenvalue weighted by molar-refractivity contribution is 0.0944. The van der Waals surface area contributed by atoms with Gasteiger partial charge in [0.25, 0.3) is 11.5 Å². The molecular formula is C10H10IN5O3. The fraction of sp³-hybridized carbons (Fsp3) is 0.200. The fourth-order valence-corrected chi connectivity index (χ4v) is 1.89. The van der Waals surface area contributed by atoms with Gasteiger partial charge in [-0.3, -0.25) is 19.6 Å². The number of halogens is 1. The van der Waals surface area contributed by atoms with Crippen molar-refractivity contribution in [3.63, 3.8) is 0 Å². The highest BCUT2D eigenvalue weighted by molar-refractivity contribution is 14.1. The van der Waals surface area contributed by atoms with Gasteiger partial charge in [0.15, 0.2) is 11.5 Å². The highest BCUT2D eigenvalue weighted by atomic mass is 127. The van der Waals surface area contributed by atoms with Crippen molar-refractivity contribution in [3.05, 3.63) is 43.5 Å². The van der Waals surface area contributed by atoms with Gasteiger partial charge < -0.3 is 4.52 Å². The summed E-state index contributed by atoms with van der Waals surface area (Å²) in [5.74, 6) is 5.35. The summed E-state index contributed by atoms with van der Waals surface area (Å²) in [6, 6.07) is 1.42. The van der Waals surface area contributed by atoms with Crippen LogP contribution in [0.2, 0.25) is 0 Å². The van der Waals surface area contributed by atoms with Gasteiger partial charge in [-0.25, -0.2) is 10.8 Å². The Labute approximate surface area is 121 Å². The minimum Gasteiger partial charge on any atom is -0.359 e. The molecule has 0 aliphatic rings. The topological polar surface area (TPSA) is 116 Å². The number of aromatic nitrogens is 3. The second-order valence-corrected chi connectivity index (χ2v) is 4.86. The van der Waals surface area contributed by atoms with Crippen LogP contribution in [0.4, 0.5) is 0 Å². The first-order chi connectivity index (χ1) is 9.02. The molecular weight excluding hydrogens is 365 g/mol. The molecule has 2 aromatic rings. The second kappa shape index (κ2) is 5.48. The summed E-state index contributed by atoms with van der Waals surface area (Å²) in [7, 11) is 0. The zero-order valence-electron chi connectivity index (χ0n) is 9.88. The van der Waals surface area contributed by atoms with Crippen molar-refractivity contribution in [1.82, 2.24) is 20.1 Å². The van der Waals surface area contributed by atoms with E-state index in [0.29, 0.717) is 15.2 Å². The summed E-state index contributed by atoms with van der Waals surface area (Å²) in [5, 5.41) is 3.56. The molecule has 0 saturated heterocycles. The van der Waals surface area contributed by atoms with E-state index < -0.39 is 5.91 Å². The van der Waals surface area contributed by atoms with Crippen LogP contribution in [0.1, 0.15) is 22.1 Å². The molecule has 0 radical (unpaired) electrons. The molecule has 0 aliphatic carbocycles. The van der Waals surface area contributed by atoms with E-state index in [2.05, 4.69) is 10.1 Å². The Bertz CT molecular complexity index is 678. The number of hydrazine groups is 1. The minimum atomic E-state index is -0.556. The van der Waals surface area contributed by atoms with Gasteiger partial charge in [-0.1, -0.05) is 5.16 Å². The molecule has 2 heterocycles. The molecule has 0 unspecified atom stereocenters. The van der Waals surface area contributed by atoms with Crippen LogP contribution in [-0.2, 0) is 6.54 Å². The third-order valence-corrected chi connectivity index (χ3v) is 3.18. The van der Waals surface area contributed by atoms with Crippen LogP contribution < -0.4 is 16.8 Å². The van der Waals surface area contributed by atoms with Crippen LogP contribution in [0.5, 0.6) is 0 Å². The lowest BCUT2D eigenvalue weighted by Gasteiger charge is -2.06. The third kappa shape index (κ3) is 2.81. The smallest absolute Gasteiger partial charge is 0.287 e. The number of nitrogens with two attached hydrogens (primary N) is 1. The Morgan fingerprint density at radius 1 is 1.63 bits per heavy atom. The van der Waals surface area contributed by atoms with Crippen molar-refractivity contribution in [2.75, 3.05) is 0 Å². The second-order valence-electron chi connectivity index (χ2n) is 3.70. The van der Waals surface area contributed by atoms with Crippen molar-refractivity contribution in [1.29, 1.82) is 0 Å². The minimum absolute atomic E-state index is 0.0572. The maximum Gasteiger partial charge on any atom is 0.287 e. The quantitative estimate of drug-likeness (QED) is 0.332. The highest BCUT2D eigenvalue weighted by Crippen LogP contribution is 2.06. The summed E-state index contributed by atoms with van der Waals surface area (Å²) >= 11 is 1.91. The van der Waals surface area contributed by atoms with Gasteiger partial charge in [0.05, 0.1) is 10.1 Å². The predicted octanol–water partition coefficient (Wildman–Crippen LogP) is -0.204. The molecule has 0 spiro atoms. The molecule has 2 rings (SSSR count). The van der Waals surface area contributed by atoms with Gasteiger partial charge in [0.2, 0.25) is 0 Å². The van der Waals surface area contributed by atoms with E-state index in [-0.39, 0.29) is 17.8 Å². The summed E-state index contributed by atoms with van der Waals surface area (Å²) < 4.78 is 6.92. The van der Waals surface area contributed by atoms with Crippen LogP contribution in [0.15, 0.2) is 21.6 Å². The standard InChI is InChI=1S/C10H10IN5O3/c1-5-13-3-7(11)10(18)16(5)4-6-2-8(15-19-6)9(17)14-12/h2-3H,4,12H2,1H3,(H,14,17). The third-order valence-electron chi connectivity index (χ3n) is 2.44. The molecule has 19 heavy (non-hydrogen) atoms. The number of nitrogen functional groups attached to an aromatic ring is 1. The Morgan fingerprint density at radius 2 is 2.37 bits per heavy atom. The number of rotatable bonds is 3. The first-order valence-corrected chi connectivity index (χ1v) is 6.29. The molecule has 8 nitrogen and oxygen atoms in total. The Morgan fingerprint density at radius 3 is 3.05 bits per heavy atom. The molecule has 0 bridgehead atoms. The van der Waals surface area contributed by atoms with E-state index in [9.17, 15) is 9.59 Å². The van der Waals surface area contributed by atoms with Gasteiger partial charge in [-0.2, -0.15) is 0 Å². The van der Waals surface area contributed by atoms with E-state index in [1.807, 2.05) is 28.0 Å². The van der Waals surface area contributed by atoms with Crippen LogP contribution >= 0.6 is 22.6 Å². The zero-order valence-corrected chi connectivity index (χ0v) is 12.0. The molecule has 100 valence electrons. The van der Waals surface area contributed by atoms with Crippen LogP contribution in [-0.4, -0.2) is 20.6 Å². The van der Waals surface area contributed by atoms with Crippen molar-refractivity contribution in [2.45, 2.75) is 13.5 Å². The largest absolute Gasteiger partial charge is 0.359 e. The first kappa shape index (κ1) is 13.7. The van der Waals surface area contributed by atoms with Gasteiger partial charge in [-0.15, -0.1) is 0 Å². The number of hydrogen-bond acceptors (Lipinski definition) is 6. The van der Waals surface area contributed by atoms with Gasteiger partial charge in [-0.05, 0) is 29.5 Å². The van der Waals surface area contributed by atoms with Crippen LogP contribution in [0.3, 0.4) is 0 Å². The van der Waals surface area contributed by atoms with E-state index in [1.54, 1.807) is 6.92 Å². The number of aryl methyl sites for hydroxylation is 1. The van der Waals surface area contributed by atoms with Crippen molar-refractivity contribution in [2.24, 2.45) is 5.84 Å². The lowest BCUT2D eigenvalue weighted by Crippen LogP contribution is -2.30. The SMILES string of the molecule is Cc1ncc(I)c(=O)n1Cc1cc(C(=O)NN)no1. The van der Waals surface area contributed by atoms with Crippen LogP contribution in [0, 0.1) is 10.5 Å². The summed E-state index contributed by atoms with van der Waals surface area (Å²) in [6.07, 6.45) is 1.50. The molecule has 0 aromatic carbocycles. The number of carbonyl (C=O) groups excluding carboxylic acids is 1. The zero-order chi connectivity index (χ0) is 14.0. The maximum atomic E-state index is 11.9. The van der Waals surface area contributed by atoms with E-state index >= 15 is 0 Å². The number of nitrogens with one attached hydrogen (secondary N) is 1. The average molecular weight is 375 g/mol. The van der Waals surface area contributed by atoms with Crippen molar-refractivity contribution in [3.8, 4) is 0 Å². The summed E-state index contributed by atoms with van der Waals surface area (Å²) in [4.78, 5) is 27.3. The summed E-state index contributed by atoms with van der Waals surface area (Å²) in [6.45, 7) is 1.86. The number of amides is 1. The highest BCUT2D eigenvalue weighted by Gasteiger charge is 2.13. The van der Waals surface area contributed by atoms with E-state index in [1.165, 1.54) is 16.8 Å². The average Bonchev–Trinajstić information content (AvgIpc) is 2.87. The monoisotopic (exact) mass is 375 g/mol. The molecule has 1 amide bonds. The lowest BCUT2D eigenvalue weighted by atomic mass is 10.3. The Kier molecular flexibility index (Phi) is 3.95.